The summed E-state index contributed by atoms with van der Waals surface area (Å²) in [5.41, 5.74) is 7.45. The predicted molar refractivity (Wildman–Crippen MR) is 169 cm³/mol. The maximum absolute atomic E-state index is 13.8. The molecule has 10 heteroatoms. The van der Waals surface area contributed by atoms with E-state index < -0.39 is 31.8 Å². The van der Waals surface area contributed by atoms with Gasteiger partial charge in [0.25, 0.3) is 0 Å². The standard InChI is InChI=1S/C32H46ClN3O5Si/c1-31(2,3)42(4,5)41-21-27(34)29(39)35-32(20-24-12-14-26(33)15-13-24)16-9-17-36(22-32)30(40)25(19-28(37)38)18-23-10-7-6-8-11-23/h6-8,10-15,25,27H,9,16-22,34H2,1-5H3,(H,35,39)(H,37,38). The van der Waals surface area contributed by atoms with E-state index in [2.05, 4.69) is 39.2 Å². The fraction of sp³-hybridized carbons (Fsp3) is 0.531. The van der Waals surface area contributed by atoms with Crippen LogP contribution in [0.3, 0.4) is 0 Å². The van der Waals surface area contributed by atoms with Crippen molar-refractivity contribution >= 4 is 37.7 Å². The number of hydrogen-bond donors (Lipinski definition) is 3. The van der Waals surface area contributed by atoms with Crippen molar-refractivity contribution in [3.8, 4) is 0 Å². The summed E-state index contributed by atoms with van der Waals surface area (Å²) in [6.45, 7) is 11.5. The monoisotopic (exact) mass is 615 g/mol. The number of nitrogens with zero attached hydrogens (tertiary/aromatic N) is 1. The van der Waals surface area contributed by atoms with Crippen LogP contribution in [0.5, 0.6) is 0 Å². The number of carboxylic acids is 1. The summed E-state index contributed by atoms with van der Waals surface area (Å²) < 4.78 is 6.23. The van der Waals surface area contributed by atoms with Gasteiger partial charge in [-0.3, -0.25) is 14.4 Å². The number of likely N-dealkylation sites (tertiary alicyclic amines) is 1. The second kappa shape index (κ2) is 14.2. The number of halogens is 1. The molecule has 8 nitrogen and oxygen atoms in total. The van der Waals surface area contributed by atoms with Crippen molar-refractivity contribution in [2.24, 2.45) is 11.7 Å². The van der Waals surface area contributed by atoms with Gasteiger partial charge in [-0.1, -0.05) is 74.8 Å². The van der Waals surface area contributed by atoms with Gasteiger partial charge < -0.3 is 25.5 Å². The Morgan fingerprint density at radius 3 is 2.33 bits per heavy atom. The van der Waals surface area contributed by atoms with Crippen molar-refractivity contribution in [2.75, 3.05) is 19.7 Å². The Morgan fingerprint density at radius 1 is 1.10 bits per heavy atom. The van der Waals surface area contributed by atoms with Gasteiger partial charge >= 0.3 is 5.97 Å². The summed E-state index contributed by atoms with van der Waals surface area (Å²) in [5, 5.41) is 13.4. The average molecular weight is 616 g/mol. The van der Waals surface area contributed by atoms with Crippen LogP contribution in [-0.2, 0) is 31.7 Å². The van der Waals surface area contributed by atoms with Crippen molar-refractivity contribution in [1.82, 2.24) is 10.2 Å². The molecule has 1 aliphatic heterocycles. The Balaban J connectivity index is 1.83. The second-order valence-corrected chi connectivity index (χ2v) is 18.3. The fourth-order valence-electron chi connectivity index (χ4n) is 5.16. The first-order chi connectivity index (χ1) is 19.6. The van der Waals surface area contributed by atoms with Crippen molar-refractivity contribution in [3.63, 3.8) is 0 Å². The molecule has 3 rings (SSSR count). The third-order valence-corrected chi connectivity index (χ3v) is 13.3. The van der Waals surface area contributed by atoms with Gasteiger partial charge in [0, 0.05) is 18.1 Å². The summed E-state index contributed by atoms with van der Waals surface area (Å²) >= 11 is 6.13. The Bertz CT molecular complexity index is 1220. The number of amides is 2. The molecule has 1 heterocycles. The van der Waals surface area contributed by atoms with E-state index in [1.165, 1.54) is 0 Å². The lowest BCUT2D eigenvalue weighted by molar-refractivity contribution is -0.146. The van der Waals surface area contributed by atoms with Gasteiger partial charge in [-0.2, -0.15) is 0 Å². The molecule has 2 aromatic rings. The molecular weight excluding hydrogens is 570 g/mol. The Hall–Kier alpha value is -2.72. The summed E-state index contributed by atoms with van der Waals surface area (Å²) in [6.07, 6.45) is 1.83. The first-order valence-electron chi connectivity index (χ1n) is 14.6. The number of rotatable bonds is 12. The smallest absolute Gasteiger partial charge is 0.304 e. The number of aliphatic carboxylic acids is 1. The molecule has 3 unspecified atom stereocenters. The highest BCUT2D eigenvalue weighted by atomic mass is 35.5. The lowest BCUT2D eigenvalue weighted by atomic mass is 9.82. The number of piperidine rings is 1. The van der Waals surface area contributed by atoms with E-state index in [9.17, 15) is 19.5 Å². The van der Waals surface area contributed by atoms with E-state index in [-0.39, 0.29) is 36.4 Å². The quantitative estimate of drug-likeness (QED) is 0.288. The minimum atomic E-state index is -2.11. The van der Waals surface area contributed by atoms with Gasteiger partial charge in [-0.25, -0.2) is 0 Å². The SMILES string of the molecule is CC(C)(C)[Si](C)(C)OCC(N)C(=O)NC1(Cc2ccc(Cl)cc2)CCCN(C(=O)C(CC(=O)O)Cc2ccccc2)C1. The highest BCUT2D eigenvalue weighted by Gasteiger charge is 2.42. The number of nitrogens with two attached hydrogens (primary N) is 1. The number of carbonyl (C=O) groups is 3. The topological polar surface area (TPSA) is 122 Å². The first-order valence-corrected chi connectivity index (χ1v) is 17.9. The number of benzene rings is 2. The Kier molecular flexibility index (Phi) is 11.4. The third kappa shape index (κ3) is 9.39. The van der Waals surface area contributed by atoms with Crippen molar-refractivity contribution < 1.29 is 23.9 Å². The molecule has 42 heavy (non-hydrogen) atoms. The molecule has 0 aliphatic carbocycles. The molecule has 0 bridgehead atoms. The van der Waals surface area contributed by atoms with Crippen LogP contribution in [-0.4, -0.2) is 67.4 Å². The maximum Gasteiger partial charge on any atom is 0.304 e. The van der Waals surface area contributed by atoms with Gasteiger partial charge in [-0.15, -0.1) is 0 Å². The number of hydrogen-bond acceptors (Lipinski definition) is 5. The Morgan fingerprint density at radius 2 is 1.74 bits per heavy atom. The number of carboxylic acid groups (broad SMARTS) is 1. The normalized spacial score (nSPS) is 19.2. The van der Waals surface area contributed by atoms with E-state index in [1.54, 1.807) is 17.0 Å². The van der Waals surface area contributed by atoms with Gasteiger partial charge in [0.2, 0.25) is 11.8 Å². The average Bonchev–Trinajstić information content (AvgIpc) is 2.92. The third-order valence-electron chi connectivity index (χ3n) is 8.59. The molecule has 0 radical (unpaired) electrons. The van der Waals surface area contributed by atoms with Crippen LogP contribution < -0.4 is 11.1 Å². The zero-order valence-corrected chi connectivity index (χ0v) is 27.2. The van der Waals surface area contributed by atoms with E-state index in [1.807, 2.05) is 42.5 Å². The molecule has 1 fully saturated rings. The number of nitrogens with one attached hydrogen (secondary N) is 1. The molecule has 2 aromatic carbocycles. The molecule has 0 spiro atoms. The van der Waals surface area contributed by atoms with Crippen LogP contribution in [0.25, 0.3) is 0 Å². The van der Waals surface area contributed by atoms with Crippen molar-refractivity contribution in [3.05, 3.63) is 70.7 Å². The fourth-order valence-corrected chi connectivity index (χ4v) is 6.32. The Labute approximate surface area is 256 Å². The molecule has 230 valence electrons. The molecule has 2 amide bonds. The molecule has 4 N–H and O–H groups in total. The largest absolute Gasteiger partial charge is 0.481 e. The van der Waals surface area contributed by atoms with Crippen LogP contribution in [0, 0.1) is 5.92 Å². The zero-order chi connectivity index (χ0) is 31.1. The summed E-state index contributed by atoms with van der Waals surface area (Å²) in [4.78, 5) is 40.8. The number of carbonyl (C=O) groups excluding carboxylic acids is 2. The lowest BCUT2D eigenvalue weighted by Gasteiger charge is -2.45. The molecule has 1 saturated heterocycles. The van der Waals surface area contributed by atoms with Crippen molar-refractivity contribution in [1.29, 1.82) is 0 Å². The van der Waals surface area contributed by atoms with Gasteiger partial charge in [0.05, 0.1) is 24.5 Å². The molecule has 0 saturated carbocycles. The summed E-state index contributed by atoms with van der Waals surface area (Å²) in [7, 11) is -2.11. The van der Waals surface area contributed by atoms with E-state index in [0.717, 1.165) is 11.1 Å². The van der Waals surface area contributed by atoms with E-state index in [0.29, 0.717) is 37.3 Å². The van der Waals surface area contributed by atoms with Crippen LogP contribution in [0.2, 0.25) is 23.2 Å². The molecule has 0 aromatic heterocycles. The minimum absolute atomic E-state index is 0.0184. The van der Waals surface area contributed by atoms with Gasteiger partial charge in [0.15, 0.2) is 8.32 Å². The summed E-state index contributed by atoms with van der Waals surface area (Å²) in [6, 6.07) is 16.0. The molecule has 3 atom stereocenters. The second-order valence-electron chi connectivity index (χ2n) is 13.1. The van der Waals surface area contributed by atoms with Crippen molar-refractivity contribution in [2.45, 2.75) is 82.6 Å². The van der Waals surface area contributed by atoms with E-state index >= 15 is 0 Å². The van der Waals surface area contributed by atoms with Crippen LogP contribution in [0.4, 0.5) is 0 Å². The molecular formula is C32H46ClN3O5Si. The zero-order valence-electron chi connectivity index (χ0n) is 25.5. The highest BCUT2D eigenvalue weighted by Crippen LogP contribution is 2.36. The van der Waals surface area contributed by atoms with Gasteiger partial charge in [0.1, 0.15) is 6.04 Å². The molecule has 1 aliphatic rings. The summed E-state index contributed by atoms with van der Waals surface area (Å²) in [5.74, 6) is -2.29. The van der Waals surface area contributed by atoms with E-state index in [4.69, 9.17) is 21.8 Å². The van der Waals surface area contributed by atoms with Crippen LogP contribution in [0.15, 0.2) is 54.6 Å². The lowest BCUT2D eigenvalue weighted by Crippen LogP contribution is -2.64. The maximum atomic E-state index is 13.8. The minimum Gasteiger partial charge on any atom is -0.481 e. The van der Waals surface area contributed by atoms with Crippen LogP contribution in [0.1, 0.15) is 51.2 Å². The van der Waals surface area contributed by atoms with Crippen LogP contribution >= 0.6 is 11.6 Å². The predicted octanol–water partition coefficient (Wildman–Crippen LogP) is 5.04. The highest BCUT2D eigenvalue weighted by molar-refractivity contribution is 6.74. The van der Waals surface area contributed by atoms with Gasteiger partial charge in [-0.05, 0) is 67.1 Å². The first kappa shape index (κ1) is 33.8.